The van der Waals surface area contributed by atoms with Crippen molar-refractivity contribution < 1.29 is 4.74 Å². The highest BCUT2D eigenvalue weighted by molar-refractivity contribution is 9.10. The number of hydrogen-bond donors (Lipinski definition) is 1. The second kappa shape index (κ2) is 6.88. The van der Waals surface area contributed by atoms with E-state index in [4.69, 9.17) is 10.5 Å². The summed E-state index contributed by atoms with van der Waals surface area (Å²) in [6.07, 6.45) is 0.872. The van der Waals surface area contributed by atoms with Gasteiger partial charge in [-0.2, -0.15) is 0 Å². The summed E-state index contributed by atoms with van der Waals surface area (Å²) in [7, 11) is 0. The molecule has 2 aromatic rings. The van der Waals surface area contributed by atoms with E-state index in [0.717, 1.165) is 21.1 Å². The fraction of sp³-hybridized carbons (Fsp3) is 0.286. The first-order valence-corrected chi connectivity index (χ1v) is 8.41. The molecule has 1 aromatic carbocycles. The zero-order chi connectivity index (χ0) is 13.8. The van der Waals surface area contributed by atoms with Crippen LogP contribution < -0.4 is 10.5 Å². The van der Waals surface area contributed by atoms with Gasteiger partial charge in [0, 0.05) is 20.8 Å². The molecule has 0 spiro atoms. The molecule has 2 N–H and O–H groups in total. The van der Waals surface area contributed by atoms with Gasteiger partial charge in [0.25, 0.3) is 0 Å². The number of nitrogens with two attached hydrogens (primary N) is 1. The molecule has 0 aliphatic rings. The van der Waals surface area contributed by atoms with Crippen LogP contribution in [0, 0.1) is 0 Å². The Labute approximate surface area is 134 Å². The van der Waals surface area contributed by atoms with Crippen molar-refractivity contribution >= 4 is 43.2 Å². The second-order valence-corrected chi connectivity index (χ2v) is 7.23. The molecule has 2 nitrogen and oxygen atoms in total. The average molecular weight is 405 g/mol. The average Bonchev–Trinajstić information content (AvgIpc) is 2.73. The Morgan fingerprint density at radius 1 is 1.32 bits per heavy atom. The Balaban J connectivity index is 2.00. The van der Waals surface area contributed by atoms with Crippen LogP contribution in [-0.2, 0) is 13.0 Å². The molecule has 102 valence electrons. The van der Waals surface area contributed by atoms with Crippen molar-refractivity contribution in [3.8, 4) is 5.75 Å². The molecule has 19 heavy (non-hydrogen) atoms. The van der Waals surface area contributed by atoms with Gasteiger partial charge in [-0.25, -0.2) is 0 Å². The summed E-state index contributed by atoms with van der Waals surface area (Å²) in [5.41, 5.74) is 7.02. The maximum atomic E-state index is 5.81. The van der Waals surface area contributed by atoms with Crippen molar-refractivity contribution in [3.63, 3.8) is 0 Å². The third-order valence-corrected chi connectivity index (χ3v) is 4.84. The molecule has 1 atom stereocenters. The first kappa shape index (κ1) is 15.0. The van der Waals surface area contributed by atoms with Crippen molar-refractivity contribution in [1.82, 2.24) is 0 Å². The molecule has 1 heterocycles. The first-order valence-electron chi connectivity index (χ1n) is 5.94. The topological polar surface area (TPSA) is 35.2 Å². The van der Waals surface area contributed by atoms with E-state index in [1.807, 2.05) is 13.0 Å². The van der Waals surface area contributed by atoms with Crippen LogP contribution in [0.4, 0.5) is 0 Å². The smallest absolute Gasteiger partial charge is 0.134 e. The molecule has 0 fully saturated rings. The van der Waals surface area contributed by atoms with Crippen LogP contribution >= 0.6 is 43.2 Å². The predicted octanol–water partition coefficient (Wildman–Crippen LogP) is 4.74. The zero-order valence-corrected chi connectivity index (χ0v) is 14.5. The van der Waals surface area contributed by atoms with Crippen LogP contribution in [0.1, 0.15) is 17.4 Å². The minimum absolute atomic E-state index is 0.169. The fourth-order valence-electron chi connectivity index (χ4n) is 1.74. The quantitative estimate of drug-likeness (QED) is 0.780. The van der Waals surface area contributed by atoms with E-state index in [0.29, 0.717) is 6.61 Å². The van der Waals surface area contributed by atoms with E-state index in [-0.39, 0.29) is 6.04 Å². The number of halogens is 2. The van der Waals surface area contributed by atoms with E-state index in [9.17, 15) is 0 Å². The molecular weight excluding hydrogens is 390 g/mol. The third kappa shape index (κ3) is 4.60. The molecule has 0 saturated carbocycles. The summed E-state index contributed by atoms with van der Waals surface area (Å²) in [6.45, 7) is 2.59. The number of benzene rings is 1. The maximum Gasteiger partial charge on any atom is 0.134 e. The first-order chi connectivity index (χ1) is 9.04. The minimum atomic E-state index is 0.169. The van der Waals surface area contributed by atoms with Gasteiger partial charge in [0.05, 0.1) is 4.47 Å². The van der Waals surface area contributed by atoms with Gasteiger partial charge in [-0.3, -0.25) is 0 Å². The van der Waals surface area contributed by atoms with Crippen molar-refractivity contribution in [1.29, 1.82) is 0 Å². The molecule has 0 amide bonds. The van der Waals surface area contributed by atoms with Gasteiger partial charge in [0.1, 0.15) is 12.4 Å². The second-order valence-electron chi connectivity index (χ2n) is 4.47. The van der Waals surface area contributed by atoms with Gasteiger partial charge < -0.3 is 10.5 Å². The van der Waals surface area contributed by atoms with E-state index in [1.54, 1.807) is 11.3 Å². The molecule has 0 aliphatic heterocycles. The lowest BCUT2D eigenvalue weighted by molar-refractivity contribution is 0.307. The Hall–Kier alpha value is -0.360. The molecule has 5 heteroatoms. The van der Waals surface area contributed by atoms with Crippen molar-refractivity contribution in [2.75, 3.05) is 0 Å². The van der Waals surface area contributed by atoms with Gasteiger partial charge in [-0.15, -0.1) is 11.3 Å². The Morgan fingerprint density at radius 3 is 2.68 bits per heavy atom. The SMILES string of the molecule is CC(N)Cc1ccc(OCc2cc(Br)cs2)c(Br)c1. The van der Waals surface area contributed by atoms with Crippen LogP contribution in [0.3, 0.4) is 0 Å². The Morgan fingerprint density at radius 2 is 2.11 bits per heavy atom. The van der Waals surface area contributed by atoms with E-state index in [2.05, 4.69) is 55.4 Å². The molecule has 0 aliphatic carbocycles. The monoisotopic (exact) mass is 403 g/mol. The van der Waals surface area contributed by atoms with Crippen molar-refractivity contribution in [3.05, 3.63) is 49.0 Å². The third-order valence-electron chi connectivity index (χ3n) is 2.55. The lowest BCUT2D eigenvalue weighted by Gasteiger charge is -2.10. The number of thiophene rings is 1. The molecule has 0 saturated heterocycles. The number of ether oxygens (including phenoxy) is 1. The zero-order valence-electron chi connectivity index (χ0n) is 10.5. The largest absolute Gasteiger partial charge is 0.487 e. The van der Waals surface area contributed by atoms with Crippen LogP contribution in [0.2, 0.25) is 0 Å². The molecule has 0 radical (unpaired) electrons. The van der Waals surface area contributed by atoms with E-state index >= 15 is 0 Å². The normalized spacial score (nSPS) is 12.4. The molecule has 2 rings (SSSR count). The summed E-state index contributed by atoms with van der Waals surface area (Å²) in [4.78, 5) is 1.19. The molecular formula is C14H15Br2NOS. The Bertz CT molecular complexity index is 554. The highest BCUT2D eigenvalue weighted by atomic mass is 79.9. The van der Waals surface area contributed by atoms with Crippen LogP contribution in [0.5, 0.6) is 5.75 Å². The van der Waals surface area contributed by atoms with Crippen molar-refractivity contribution in [2.24, 2.45) is 5.73 Å². The van der Waals surface area contributed by atoms with Crippen LogP contribution in [-0.4, -0.2) is 6.04 Å². The van der Waals surface area contributed by atoms with Crippen LogP contribution in [0.25, 0.3) is 0 Å². The highest BCUT2D eigenvalue weighted by Gasteiger charge is 2.06. The standard InChI is InChI=1S/C14H15Br2NOS/c1-9(17)4-10-2-3-14(13(16)5-10)18-7-12-6-11(15)8-19-12/h2-3,5-6,8-9H,4,7,17H2,1H3. The summed E-state index contributed by atoms with van der Waals surface area (Å²) in [6, 6.07) is 8.37. The predicted molar refractivity (Wildman–Crippen MR) is 87.8 cm³/mol. The summed E-state index contributed by atoms with van der Waals surface area (Å²) in [5, 5.41) is 2.06. The van der Waals surface area contributed by atoms with Gasteiger partial charge in [0.15, 0.2) is 0 Å². The summed E-state index contributed by atoms with van der Waals surface area (Å²) < 4.78 is 7.88. The van der Waals surface area contributed by atoms with Gasteiger partial charge >= 0.3 is 0 Å². The molecule has 1 unspecified atom stereocenters. The van der Waals surface area contributed by atoms with Gasteiger partial charge in [-0.05, 0) is 69.0 Å². The minimum Gasteiger partial charge on any atom is -0.487 e. The Kier molecular flexibility index (Phi) is 5.45. The van der Waals surface area contributed by atoms with E-state index < -0.39 is 0 Å². The summed E-state index contributed by atoms with van der Waals surface area (Å²) in [5.74, 6) is 0.859. The highest BCUT2D eigenvalue weighted by Crippen LogP contribution is 2.28. The number of rotatable bonds is 5. The summed E-state index contributed by atoms with van der Waals surface area (Å²) >= 11 is 8.67. The lowest BCUT2D eigenvalue weighted by Crippen LogP contribution is -2.17. The van der Waals surface area contributed by atoms with Crippen molar-refractivity contribution in [2.45, 2.75) is 26.0 Å². The molecule has 1 aromatic heterocycles. The molecule has 0 bridgehead atoms. The number of hydrogen-bond acceptors (Lipinski definition) is 3. The van der Waals surface area contributed by atoms with Crippen LogP contribution in [0.15, 0.2) is 38.6 Å². The fourth-order valence-corrected chi connectivity index (χ4v) is 3.64. The van der Waals surface area contributed by atoms with E-state index in [1.165, 1.54) is 10.4 Å². The maximum absolute atomic E-state index is 5.81. The van der Waals surface area contributed by atoms with Gasteiger partial charge in [0.2, 0.25) is 0 Å². The van der Waals surface area contributed by atoms with Gasteiger partial charge in [-0.1, -0.05) is 6.07 Å². The lowest BCUT2D eigenvalue weighted by atomic mass is 10.1.